The van der Waals surface area contributed by atoms with E-state index in [-0.39, 0.29) is 29.1 Å². The Labute approximate surface area is 158 Å². The van der Waals surface area contributed by atoms with Crippen LogP contribution < -0.4 is 14.8 Å². The van der Waals surface area contributed by atoms with E-state index in [0.717, 1.165) is 0 Å². The summed E-state index contributed by atoms with van der Waals surface area (Å²) in [5.41, 5.74) is 0.615. The van der Waals surface area contributed by atoms with Crippen LogP contribution in [0.2, 0.25) is 5.02 Å². The van der Waals surface area contributed by atoms with E-state index in [4.69, 9.17) is 16.3 Å². The van der Waals surface area contributed by atoms with Crippen LogP contribution in [-0.4, -0.2) is 19.5 Å². The van der Waals surface area contributed by atoms with Gasteiger partial charge in [0.05, 0.1) is 5.02 Å². The van der Waals surface area contributed by atoms with Crippen LogP contribution in [0.5, 0.6) is 11.5 Å². The van der Waals surface area contributed by atoms with Crippen molar-refractivity contribution in [1.29, 1.82) is 0 Å². The smallest absolute Gasteiger partial charge is 0.485 e. The lowest BCUT2D eigenvalue weighted by Gasteiger charge is -2.35. The molecular weight excluding hydrogens is 397 g/mol. The fourth-order valence-corrected chi connectivity index (χ4v) is 2.63. The summed E-state index contributed by atoms with van der Waals surface area (Å²) in [6.07, 6.45) is -5.19. The van der Waals surface area contributed by atoms with Gasteiger partial charge in [-0.3, -0.25) is 0 Å². The second-order valence-corrected chi connectivity index (χ2v) is 6.06. The third-order valence-corrected chi connectivity index (χ3v) is 4.14. The van der Waals surface area contributed by atoms with Crippen LogP contribution in [0, 0.1) is 11.7 Å². The number of halogens is 6. The number of benzene rings is 2. The Balaban J connectivity index is 0.00000243. The molecule has 142 valence electrons. The van der Waals surface area contributed by atoms with Gasteiger partial charge in [0.15, 0.2) is 0 Å². The van der Waals surface area contributed by atoms with Gasteiger partial charge in [-0.15, -0.1) is 25.6 Å². The number of ether oxygens (including phenoxy) is 2. The first-order chi connectivity index (χ1) is 11.8. The first-order valence-electron chi connectivity index (χ1n) is 7.50. The maximum atomic E-state index is 13.7. The average molecular weight is 412 g/mol. The molecule has 2 aromatic carbocycles. The minimum Gasteiger partial charge on any atom is -0.485 e. The summed E-state index contributed by atoms with van der Waals surface area (Å²) in [4.78, 5) is 0. The van der Waals surface area contributed by atoms with Gasteiger partial charge in [-0.25, -0.2) is 4.39 Å². The van der Waals surface area contributed by atoms with Crippen molar-refractivity contribution in [3.63, 3.8) is 0 Å². The van der Waals surface area contributed by atoms with E-state index in [1.54, 1.807) is 6.07 Å². The highest BCUT2D eigenvalue weighted by Crippen LogP contribution is 2.33. The third-order valence-electron chi connectivity index (χ3n) is 3.83. The second-order valence-electron chi connectivity index (χ2n) is 5.65. The van der Waals surface area contributed by atoms with E-state index in [1.165, 1.54) is 36.4 Å². The molecule has 0 saturated carbocycles. The lowest BCUT2D eigenvalue weighted by molar-refractivity contribution is -0.274. The van der Waals surface area contributed by atoms with Crippen molar-refractivity contribution in [2.75, 3.05) is 13.1 Å². The molecule has 1 atom stereocenters. The van der Waals surface area contributed by atoms with Crippen LogP contribution >= 0.6 is 24.0 Å². The molecule has 1 aliphatic heterocycles. The number of hydrogen-bond acceptors (Lipinski definition) is 3. The van der Waals surface area contributed by atoms with E-state index < -0.39 is 18.3 Å². The van der Waals surface area contributed by atoms with E-state index in [2.05, 4.69) is 10.1 Å². The number of hydrogen-bond donors (Lipinski definition) is 1. The fourth-order valence-electron chi connectivity index (χ4n) is 2.52. The molecule has 3 nitrogen and oxygen atoms in total. The van der Waals surface area contributed by atoms with Gasteiger partial charge in [0.25, 0.3) is 0 Å². The van der Waals surface area contributed by atoms with Gasteiger partial charge < -0.3 is 14.8 Å². The molecule has 9 heteroatoms. The van der Waals surface area contributed by atoms with Gasteiger partial charge in [0.1, 0.15) is 23.4 Å². The number of alkyl halides is 3. The van der Waals surface area contributed by atoms with Crippen LogP contribution in [-0.2, 0) is 0 Å². The van der Waals surface area contributed by atoms with Crippen molar-refractivity contribution >= 4 is 24.0 Å². The molecule has 0 radical (unpaired) electrons. The first-order valence-corrected chi connectivity index (χ1v) is 7.88. The molecule has 0 aromatic heterocycles. The van der Waals surface area contributed by atoms with E-state index in [1.807, 2.05) is 0 Å². The Morgan fingerprint density at radius 2 is 1.65 bits per heavy atom. The molecule has 1 aliphatic rings. The standard InChI is InChI=1S/C17H14ClF4NO2.ClH/c18-14-6-1-10(7-15(14)19)16(11-8-23-9-11)24-12-2-4-13(5-3-12)25-17(20,21)22;/h1-7,11,16,23H,8-9H2;1H/t16-;/m1./s1. The highest BCUT2D eigenvalue weighted by Gasteiger charge is 2.32. The van der Waals surface area contributed by atoms with Gasteiger partial charge in [-0.1, -0.05) is 17.7 Å². The fraction of sp³-hybridized carbons (Fsp3) is 0.294. The Bertz CT molecular complexity index is 737. The summed E-state index contributed by atoms with van der Waals surface area (Å²) in [5, 5.41) is 3.13. The van der Waals surface area contributed by atoms with Gasteiger partial charge in [-0.05, 0) is 42.0 Å². The highest BCUT2D eigenvalue weighted by atomic mass is 35.5. The minimum atomic E-state index is -4.75. The van der Waals surface area contributed by atoms with Crippen molar-refractivity contribution in [3.05, 3.63) is 58.9 Å². The van der Waals surface area contributed by atoms with Crippen LogP contribution in [0.25, 0.3) is 0 Å². The molecule has 1 N–H and O–H groups in total. The van der Waals surface area contributed by atoms with Crippen LogP contribution in [0.4, 0.5) is 17.6 Å². The van der Waals surface area contributed by atoms with Crippen molar-refractivity contribution in [2.45, 2.75) is 12.5 Å². The molecule has 3 rings (SSSR count). The summed E-state index contributed by atoms with van der Waals surface area (Å²) in [6, 6.07) is 9.54. The lowest BCUT2D eigenvalue weighted by Crippen LogP contribution is -2.46. The van der Waals surface area contributed by atoms with Crippen molar-refractivity contribution in [2.24, 2.45) is 5.92 Å². The van der Waals surface area contributed by atoms with E-state index in [9.17, 15) is 17.6 Å². The van der Waals surface area contributed by atoms with E-state index in [0.29, 0.717) is 24.4 Å². The van der Waals surface area contributed by atoms with Crippen molar-refractivity contribution in [1.82, 2.24) is 5.32 Å². The first kappa shape index (κ1) is 20.6. The third kappa shape index (κ3) is 5.16. The molecule has 0 unspecified atom stereocenters. The van der Waals surface area contributed by atoms with Crippen LogP contribution in [0.3, 0.4) is 0 Å². The zero-order chi connectivity index (χ0) is 18.0. The maximum Gasteiger partial charge on any atom is 0.573 e. The Hall–Kier alpha value is -1.70. The van der Waals surface area contributed by atoms with Gasteiger partial charge >= 0.3 is 6.36 Å². The van der Waals surface area contributed by atoms with Gasteiger partial charge in [0, 0.05) is 19.0 Å². The summed E-state index contributed by atoms with van der Waals surface area (Å²) in [5.74, 6) is -0.401. The topological polar surface area (TPSA) is 30.5 Å². The molecule has 0 bridgehead atoms. The molecule has 1 heterocycles. The lowest BCUT2D eigenvalue weighted by atomic mass is 9.90. The SMILES string of the molecule is Cl.Fc1cc([C@@H](Oc2ccc(OC(F)(F)F)cc2)C2CNC2)ccc1Cl. The monoisotopic (exact) mass is 411 g/mol. The van der Waals surface area contributed by atoms with E-state index >= 15 is 0 Å². The van der Waals surface area contributed by atoms with Crippen LogP contribution in [0.15, 0.2) is 42.5 Å². The normalized spacial score (nSPS) is 15.6. The molecule has 1 fully saturated rings. The molecule has 0 spiro atoms. The summed E-state index contributed by atoms with van der Waals surface area (Å²) in [6.45, 7) is 1.40. The predicted octanol–water partition coefficient (Wildman–Crippen LogP) is 5.14. The largest absolute Gasteiger partial charge is 0.573 e. The van der Waals surface area contributed by atoms with Gasteiger partial charge in [-0.2, -0.15) is 0 Å². The molecule has 1 saturated heterocycles. The quantitative estimate of drug-likeness (QED) is 0.691. The predicted molar refractivity (Wildman–Crippen MR) is 91.5 cm³/mol. The molecule has 2 aromatic rings. The zero-order valence-corrected chi connectivity index (χ0v) is 14.8. The Morgan fingerprint density at radius 3 is 2.15 bits per heavy atom. The minimum absolute atomic E-state index is 0. The Kier molecular flexibility index (Phi) is 6.60. The summed E-state index contributed by atoms with van der Waals surface area (Å²) < 4.78 is 60.1. The second kappa shape index (κ2) is 8.33. The number of nitrogens with one attached hydrogen (secondary N) is 1. The molecule has 0 aliphatic carbocycles. The summed E-state index contributed by atoms with van der Waals surface area (Å²) in [7, 11) is 0. The molecule has 26 heavy (non-hydrogen) atoms. The van der Waals surface area contributed by atoms with Crippen molar-refractivity contribution in [3.8, 4) is 11.5 Å². The van der Waals surface area contributed by atoms with Gasteiger partial charge in [0.2, 0.25) is 0 Å². The van der Waals surface area contributed by atoms with Crippen molar-refractivity contribution < 1.29 is 27.0 Å². The zero-order valence-electron chi connectivity index (χ0n) is 13.2. The molecule has 0 amide bonds. The Morgan fingerprint density at radius 1 is 1.04 bits per heavy atom. The number of rotatable bonds is 5. The average Bonchev–Trinajstić information content (AvgIpc) is 2.48. The molecular formula is C17H15Cl2F4NO2. The van der Waals surface area contributed by atoms with Crippen LogP contribution in [0.1, 0.15) is 11.7 Å². The summed E-state index contributed by atoms with van der Waals surface area (Å²) >= 11 is 5.71. The maximum absolute atomic E-state index is 13.7. The highest BCUT2D eigenvalue weighted by molar-refractivity contribution is 6.30.